The molecule has 16 heavy (non-hydrogen) atoms. The second kappa shape index (κ2) is 4.30. The maximum atomic E-state index is 13.0. The van der Waals surface area contributed by atoms with Crippen molar-refractivity contribution in [2.24, 2.45) is 0 Å². The number of nitrogens with zero attached hydrogens (tertiary/aromatic N) is 2. The molecule has 4 heteroatoms. The third kappa shape index (κ3) is 2.02. The topological polar surface area (TPSA) is 36.7 Å². The van der Waals surface area contributed by atoms with E-state index in [1.54, 1.807) is 18.2 Å². The molecule has 0 aliphatic carbocycles. The largest absolute Gasteiger partial charge is 0.261 e. The molecule has 0 bridgehead atoms. The standard InChI is InChI=1S/C12H6ClFN2/c13-12-3-8(5-15)1-2-11(12)9-4-10(14)7-16-6-9/h1-4,6-7H. The van der Waals surface area contributed by atoms with Crippen LogP contribution in [0.3, 0.4) is 0 Å². The number of benzene rings is 1. The third-order valence-electron chi connectivity index (χ3n) is 2.11. The maximum absolute atomic E-state index is 13.0. The van der Waals surface area contributed by atoms with Gasteiger partial charge in [0, 0.05) is 22.3 Å². The van der Waals surface area contributed by atoms with Gasteiger partial charge in [-0.3, -0.25) is 4.98 Å². The summed E-state index contributed by atoms with van der Waals surface area (Å²) in [6.45, 7) is 0. The fourth-order valence-electron chi connectivity index (χ4n) is 1.38. The molecule has 0 unspecified atom stereocenters. The van der Waals surface area contributed by atoms with Crippen LogP contribution < -0.4 is 0 Å². The highest BCUT2D eigenvalue weighted by Crippen LogP contribution is 2.28. The summed E-state index contributed by atoms with van der Waals surface area (Å²) in [5.41, 5.74) is 1.72. The summed E-state index contributed by atoms with van der Waals surface area (Å²) in [4.78, 5) is 3.75. The Labute approximate surface area is 96.9 Å². The van der Waals surface area contributed by atoms with Gasteiger partial charge in [0.15, 0.2) is 0 Å². The molecule has 0 fully saturated rings. The van der Waals surface area contributed by atoms with Gasteiger partial charge in [0.25, 0.3) is 0 Å². The van der Waals surface area contributed by atoms with Crippen LogP contribution in [0.1, 0.15) is 5.56 Å². The molecule has 1 heterocycles. The molecule has 2 rings (SSSR count). The van der Waals surface area contributed by atoms with Crippen molar-refractivity contribution >= 4 is 11.6 Å². The number of hydrogen-bond donors (Lipinski definition) is 0. The molecule has 0 atom stereocenters. The summed E-state index contributed by atoms with van der Waals surface area (Å²) in [5.74, 6) is -0.419. The Morgan fingerprint density at radius 2 is 2.06 bits per heavy atom. The summed E-state index contributed by atoms with van der Waals surface area (Å²) in [7, 11) is 0. The Bertz CT molecular complexity index is 575. The predicted molar refractivity (Wildman–Crippen MR) is 59.4 cm³/mol. The van der Waals surface area contributed by atoms with Crippen LogP contribution in [0.2, 0.25) is 5.02 Å². The third-order valence-corrected chi connectivity index (χ3v) is 2.43. The summed E-state index contributed by atoms with van der Waals surface area (Å²) >= 11 is 5.99. The molecule has 0 spiro atoms. The molecule has 0 N–H and O–H groups in total. The van der Waals surface area contributed by atoms with Crippen molar-refractivity contribution in [3.05, 3.63) is 53.1 Å². The Morgan fingerprint density at radius 3 is 2.69 bits per heavy atom. The van der Waals surface area contributed by atoms with E-state index in [1.807, 2.05) is 6.07 Å². The van der Waals surface area contributed by atoms with E-state index in [1.165, 1.54) is 12.3 Å². The molecular formula is C12H6ClFN2. The van der Waals surface area contributed by atoms with Gasteiger partial charge in [-0.05, 0) is 18.2 Å². The summed E-state index contributed by atoms with van der Waals surface area (Å²) in [6, 6.07) is 8.18. The van der Waals surface area contributed by atoms with Crippen molar-refractivity contribution in [3.8, 4) is 17.2 Å². The van der Waals surface area contributed by atoms with E-state index in [4.69, 9.17) is 16.9 Å². The maximum Gasteiger partial charge on any atom is 0.142 e. The van der Waals surface area contributed by atoms with Gasteiger partial charge in [-0.15, -0.1) is 0 Å². The van der Waals surface area contributed by atoms with Crippen LogP contribution >= 0.6 is 11.6 Å². The summed E-state index contributed by atoms with van der Waals surface area (Å²) < 4.78 is 13.0. The number of pyridine rings is 1. The van der Waals surface area contributed by atoms with E-state index in [-0.39, 0.29) is 0 Å². The Kier molecular flexibility index (Phi) is 2.84. The first-order valence-electron chi connectivity index (χ1n) is 4.51. The van der Waals surface area contributed by atoms with E-state index in [0.29, 0.717) is 21.7 Å². The van der Waals surface area contributed by atoms with Crippen molar-refractivity contribution in [2.75, 3.05) is 0 Å². The highest BCUT2D eigenvalue weighted by molar-refractivity contribution is 6.33. The second-order valence-electron chi connectivity index (χ2n) is 3.20. The zero-order chi connectivity index (χ0) is 11.5. The van der Waals surface area contributed by atoms with Crippen LogP contribution in [-0.2, 0) is 0 Å². The van der Waals surface area contributed by atoms with Gasteiger partial charge in [0.2, 0.25) is 0 Å². The first-order valence-corrected chi connectivity index (χ1v) is 4.89. The van der Waals surface area contributed by atoms with Crippen molar-refractivity contribution in [2.45, 2.75) is 0 Å². The second-order valence-corrected chi connectivity index (χ2v) is 3.61. The van der Waals surface area contributed by atoms with Crippen molar-refractivity contribution in [1.29, 1.82) is 5.26 Å². The first-order chi connectivity index (χ1) is 7.70. The Morgan fingerprint density at radius 1 is 1.25 bits per heavy atom. The molecule has 0 saturated heterocycles. The average Bonchev–Trinajstić information content (AvgIpc) is 2.28. The quantitative estimate of drug-likeness (QED) is 0.756. The fourth-order valence-corrected chi connectivity index (χ4v) is 1.67. The monoisotopic (exact) mass is 232 g/mol. The van der Waals surface area contributed by atoms with Crippen molar-refractivity contribution < 1.29 is 4.39 Å². The normalized spacial score (nSPS) is 9.81. The molecule has 1 aromatic heterocycles. The van der Waals surface area contributed by atoms with Crippen LogP contribution in [-0.4, -0.2) is 4.98 Å². The molecule has 0 aliphatic heterocycles. The van der Waals surface area contributed by atoms with E-state index in [2.05, 4.69) is 4.98 Å². The van der Waals surface area contributed by atoms with Crippen LogP contribution in [0.25, 0.3) is 11.1 Å². The lowest BCUT2D eigenvalue weighted by Gasteiger charge is -2.04. The molecule has 0 aliphatic rings. The van der Waals surface area contributed by atoms with Gasteiger partial charge in [0.1, 0.15) is 5.82 Å². The predicted octanol–water partition coefficient (Wildman–Crippen LogP) is 3.41. The van der Waals surface area contributed by atoms with Crippen molar-refractivity contribution in [3.63, 3.8) is 0 Å². The number of rotatable bonds is 1. The number of halogens is 2. The lowest BCUT2D eigenvalue weighted by Crippen LogP contribution is -1.85. The molecule has 2 nitrogen and oxygen atoms in total. The van der Waals surface area contributed by atoms with E-state index in [9.17, 15) is 4.39 Å². The number of aromatic nitrogens is 1. The van der Waals surface area contributed by atoms with E-state index >= 15 is 0 Å². The molecule has 78 valence electrons. The van der Waals surface area contributed by atoms with Crippen LogP contribution in [0, 0.1) is 17.1 Å². The van der Waals surface area contributed by atoms with Gasteiger partial charge in [0.05, 0.1) is 17.8 Å². The van der Waals surface area contributed by atoms with Gasteiger partial charge < -0.3 is 0 Å². The number of nitriles is 1. The van der Waals surface area contributed by atoms with Crippen LogP contribution in [0.15, 0.2) is 36.7 Å². The smallest absolute Gasteiger partial charge is 0.142 e. The fraction of sp³-hybridized carbons (Fsp3) is 0. The highest BCUT2D eigenvalue weighted by atomic mass is 35.5. The van der Waals surface area contributed by atoms with E-state index in [0.717, 1.165) is 6.20 Å². The van der Waals surface area contributed by atoms with Crippen molar-refractivity contribution in [1.82, 2.24) is 4.98 Å². The molecular weight excluding hydrogens is 227 g/mol. The zero-order valence-electron chi connectivity index (χ0n) is 8.11. The van der Waals surface area contributed by atoms with Gasteiger partial charge in [-0.25, -0.2) is 4.39 Å². The Balaban J connectivity index is 2.53. The minimum absolute atomic E-state index is 0.409. The zero-order valence-corrected chi connectivity index (χ0v) is 8.87. The lowest BCUT2D eigenvalue weighted by molar-refractivity contribution is 0.622. The Hall–Kier alpha value is -1.92. The van der Waals surface area contributed by atoms with Gasteiger partial charge >= 0.3 is 0 Å². The lowest BCUT2D eigenvalue weighted by atomic mass is 10.1. The minimum Gasteiger partial charge on any atom is -0.261 e. The SMILES string of the molecule is N#Cc1ccc(-c2cncc(F)c2)c(Cl)c1. The molecule has 0 radical (unpaired) electrons. The van der Waals surface area contributed by atoms with Crippen LogP contribution in [0.4, 0.5) is 4.39 Å². The van der Waals surface area contributed by atoms with Gasteiger partial charge in [-0.2, -0.15) is 5.26 Å². The summed E-state index contributed by atoms with van der Waals surface area (Å²) in [5, 5.41) is 9.10. The molecule has 2 aromatic rings. The van der Waals surface area contributed by atoms with E-state index < -0.39 is 5.82 Å². The highest BCUT2D eigenvalue weighted by Gasteiger charge is 2.05. The average molecular weight is 233 g/mol. The summed E-state index contributed by atoms with van der Waals surface area (Å²) in [6.07, 6.45) is 2.65. The first kappa shape index (κ1) is 10.6. The van der Waals surface area contributed by atoms with Gasteiger partial charge in [-0.1, -0.05) is 17.7 Å². The van der Waals surface area contributed by atoms with Crippen LogP contribution in [0.5, 0.6) is 0 Å². The molecule has 0 saturated carbocycles. The molecule has 0 amide bonds. The minimum atomic E-state index is -0.419. The molecule has 1 aromatic carbocycles. The number of hydrogen-bond acceptors (Lipinski definition) is 2.